The second kappa shape index (κ2) is 6.92. The lowest BCUT2D eigenvalue weighted by molar-refractivity contribution is -0.163. The Morgan fingerprint density at radius 3 is 2.11 bits per heavy atom. The van der Waals surface area contributed by atoms with Gasteiger partial charge < -0.3 is 14.2 Å². The highest BCUT2D eigenvalue weighted by Gasteiger charge is 2.36. The minimum atomic E-state index is -0.580. The van der Waals surface area contributed by atoms with Gasteiger partial charge in [0.1, 0.15) is 6.10 Å². The molecule has 0 saturated heterocycles. The van der Waals surface area contributed by atoms with Crippen LogP contribution in [0.25, 0.3) is 0 Å². The number of carbonyl (C=O) groups excluding carboxylic acids is 3. The van der Waals surface area contributed by atoms with E-state index in [1.54, 1.807) is 6.08 Å². The van der Waals surface area contributed by atoms with E-state index in [0.717, 1.165) is 0 Å². The number of carbonyl (C=O) groups is 3. The van der Waals surface area contributed by atoms with Crippen LogP contribution >= 0.6 is 0 Å². The van der Waals surface area contributed by atoms with Crippen LogP contribution in [0.1, 0.15) is 27.2 Å². The maximum Gasteiger partial charge on any atom is 0.303 e. The molecule has 0 aromatic carbocycles. The molecule has 0 aromatic heterocycles. The van der Waals surface area contributed by atoms with Crippen LogP contribution in [-0.2, 0) is 28.6 Å². The zero-order valence-electron chi connectivity index (χ0n) is 11.3. The molecule has 3 atom stereocenters. The minimum Gasteiger partial charge on any atom is -0.466 e. The Balaban J connectivity index is 2.59. The van der Waals surface area contributed by atoms with Gasteiger partial charge in [0.25, 0.3) is 0 Å². The van der Waals surface area contributed by atoms with E-state index in [-0.39, 0.29) is 18.5 Å². The summed E-state index contributed by atoms with van der Waals surface area (Å²) in [6, 6.07) is 0. The van der Waals surface area contributed by atoms with Crippen molar-refractivity contribution < 1.29 is 28.6 Å². The molecule has 0 aromatic rings. The molecule has 0 fully saturated rings. The van der Waals surface area contributed by atoms with E-state index in [1.165, 1.54) is 20.8 Å². The largest absolute Gasteiger partial charge is 0.466 e. The molecular formula is C13H18O6. The summed E-state index contributed by atoms with van der Waals surface area (Å²) in [6.07, 6.45) is 2.87. The van der Waals surface area contributed by atoms with E-state index in [9.17, 15) is 14.4 Å². The highest BCUT2D eigenvalue weighted by molar-refractivity contribution is 5.68. The molecule has 1 aliphatic carbocycles. The van der Waals surface area contributed by atoms with Crippen molar-refractivity contribution in [2.45, 2.75) is 39.4 Å². The maximum atomic E-state index is 11.1. The van der Waals surface area contributed by atoms with Crippen molar-refractivity contribution in [1.29, 1.82) is 0 Å². The van der Waals surface area contributed by atoms with Gasteiger partial charge in [-0.25, -0.2) is 0 Å². The van der Waals surface area contributed by atoms with Gasteiger partial charge in [0, 0.05) is 26.7 Å². The SMILES string of the molecule is CC(=O)OCC[C@@H]1C=C[C@H](OC(C)=O)[C@@H]1OC(C)=O. The Bertz CT molecular complexity index is 387. The second-order valence-electron chi connectivity index (χ2n) is 4.33. The van der Waals surface area contributed by atoms with Crippen LogP contribution in [0.2, 0.25) is 0 Å². The highest BCUT2D eigenvalue weighted by Crippen LogP contribution is 2.27. The predicted octanol–water partition coefficient (Wildman–Crippen LogP) is 0.989. The number of rotatable bonds is 5. The van der Waals surface area contributed by atoms with Crippen molar-refractivity contribution in [2.75, 3.05) is 6.61 Å². The monoisotopic (exact) mass is 270 g/mol. The summed E-state index contributed by atoms with van der Waals surface area (Å²) in [4.78, 5) is 32.7. The fourth-order valence-corrected chi connectivity index (χ4v) is 1.96. The summed E-state index contributed by atoms with van der Waals surface area (Å²) in [5.74, 6) is -1.37. The normalized spacial score (nSPS) is 24.9. The molecule has 0 N–H and O–H groups in total. The van der Waals surface area contributed by atoms with Crippen LogP contribution < -0.4 is 0 Å². The van der Waals surface area contributed by atoms with Gasteiger partial charge in [-0.3, -0.25) is 14.4 Å². The van der Waals surface area contributed by atoms with Crippen molar-refractivity contribution in [3.8, 4) is 0 Å². The Labute approximate surface area is 111 Å². The summed E-state index contributed by atoms with van der Waals surface area (Å²) >= 11 is 0. The summed E-state index contributed by atoms with van der Waals surface area (Å²) in [5, 5.41) is 0. The molecule has 0 heterocycles. The van der Waals surface area contributed by atoms with Crippen molar-refractivity contribution in [3.05, 3.63) is 12.2 Å². The molecule has 0 saturated carbocycles. The molecule has 1 aliphatic rings. The zero-order valence-corrected chi connectivity index (χ0v) is 11.3. The summed E-state index contributed by atoms with van der Waals surface area (Å²) in [5.41, 5.74) is 0. The van der Waals surface area contributed by atoms with Crippen LogP contribution in [0, 0.1) is 5.92 Å². The first-order valence-corrected chi connectivity index (χ1v) is 6.06. The molecular weight excluding hydrogens is 252 g/mol. The molecule has 1 rings (SSSR count). The number of hydrogen-bond acceptors (Lipinski definition) is 6. The van der Waals surface area contributed by atoms with E-state index in [1.807, 2.05) is 6.08 Å². The van der Waals surface area contributed by atoms with Crippen LogP contribution in [0.15, 0.2) is 12.2 Å². The standard InChI is InChI=1S/C13H18O6/c1-8(14)17-7-6-11-4-5-12(18-9(2)15)13(11)19-10(3)16/h4-5,11-13H,6-7H2,1-3H3/t11-,12-,13+/m0/s1. The van der Waals surface area contributed by atoms with Gasteiger partial charge in [-0.1, -0.05) is 6.08 Å². The molecule has 0 spiro atoms. The lowest BCUT2D eigenvalue weighted by Crippen LogP contribution is -2.35. The van der Waals surface area contributed by atoms with E-state index in [2.05, 4.69) is 0 Å². The lowest BCUT2D eigenvalue weighted by Gasteiger charge is -2.24. The van der Waals surface area contributed by atoms with Gasteiger partial charge in [0.05, 0.1) is 6.61 Å². The van der Waals surface area contributed by atoms with Gasteiger partial charge in [-0.05, 0) is 12.5 Å². The second-order valence-corrected chi connectivity index (χ2v) is 4.33. The van der Waals surface area contributed by atoms with Gasteiger partial charge in [0.15, 0.2) is 6.10 Å². The maximum absolute atomic E-state index is 11.1. The van der Waals surface area contributed by atoms with Crippen LogP contribution in [0.4, 0.5) is 0 Å². The number of hydrogen-bond donors (Lipinski definition) is 0. The molecule has 0 unspecified atom stereocenters. The van der Waals surface area contributed by atoms with Crippen LogP contribution in [0.3, 0.4) is 0 Å². The summed E-state index contributed by atoms with van der Waals surface area (Å²) in [6.45, 7) is 4.15. The van der Waals surface area contributed by atoms with Gasteiger partial charge >= 0.3 is 17.9 Å². The Morgan fingerprint density at radius 2 is 1.58 bits per heavy atom. The minimum absolute atomic E-state index is 0.132. The lowest BCUT2D eigenvalue weighted by atomic mass is 10.0. The van der Waals surface area contributed by atoms with Crippen molar-refractivity contribution in [1.82, 2.24) is 0 Å². The quantitative estimate of drug-likeness (QED) is 0.421. The number of esters is 3. The summed E-state index contributed by atoms with van der Waals surface area (Å²) < 4.78 is 15.1. The Hall–Kier alpha value is -1.85. The molecule has 19 heavy (non-hydrogen) atoms. The Morgan fingerprint density at radius 1 is 0.947 bits per heavy atom. The molecule has 0 aliphatic heterocycles. The smallest absolute Gasteiger partial charge is 0.303 e. The van der Waals surface area contributed by atoms with Crippen LogP contribution in [0.5, 0.6) is 0 Å². The Kier molecular flexibility index (Phi) is 5.54. The molecule has 0 amide bonds. The third-order valence-electron chi connectivity index (χ3n) is 2.65. The topological polar surface area (TPSA) is 78.9 Å². The molecule has 0 radical (unpaired) electrons. The fourth-order valence-electron chi connectivity index (χ4n) is 1.96. The molecule has 0 bridgehead atoms. The molecule has 6 heteroatoms. The van der Waals surface area contributed by atoms with E-state index < -0.39 is 24.1 Å². The summed E-state index contributed by atoms with van der Waals surface area (Å²) in [7, 11) is 0. The predicted molar refractivity (Wildman–Crippen MR) is 65.0 cm³/mol. The first kappa shape index (κ1) is 15.2. The highest BCUT2D eigenvalue weighted by atomic mass is 16.6. The average Bonchev–Trinajstić information content (AvgIpc) is 2.60. The zero-order chi connectivity index (χ0) is 14.4. The first-order valence-electron chi connectivity index (χ1n) is 6.06. The third-order valence-corrected chi connectivity index (χ3v) is 2.65. The van der Waals surface area contributed by atoms with Gasteiger partial charge in [0.2, 0.25) is 0 Å². The van der Waals surface area contributed by atoms with E-state index >= 15 is 0 Å². The number of ether oxygens (including phenoxy) is 3. The van der Waals surface area contributed by atoms with Gasteiger partial charge in [-0.2, -0.15) is 0 Å². The van der Waals surface area contributed by atoms with E-state index in [0.29, 0.717) is 6.42 Å². The van der Waals surface area contributed by atoms with Gasteiger partial charge in [-0.15, -0.1) is 0 Å². The first-order chi connectivity index (χ1) is 8.90. The van der Waals surface area contributed by atoms with Crippen molar-refractivity contribution in [2.24, 2.45) is 5.92 Å². The van der Waals surface area contributed by atoms with Crippen molar-refractivity contribution >= 4 is 17.9 Å². The van der Waals surface area contributed by atoms with Crippen LogP contribution in [-0.4, -0.2) is 36.7 Å². The molecule has 6 nitrogen and oxygen atoms in total. The fraction of sp³-hybridized carbons (Fsp3) is 0.615. The van der Waals surface area contributed by atoms with E-state index in [4.69, 9.17) is 14.2 Å². The average molecular weight is 270 g/mol. The van der Waals surface area contributed by atoms with Crippen molar-refractivity contribution in [3.63, 3.8) is 0 Å². The third kappa shape index (κ3) is 5.11. The molecule has 106 valence electrons.